The zero-order valence-corrected chi connectivity index (χ0v) is 7.84. The van der Waals surface area contributed by atoms with Gasteiger partial charge in [0.15, 0.2) is 0 Å². The summed E-state index contributed by atoms with van der Waals surface area (Å²) in [6.45, 7) is 2.36. The quantitative estimate of drug-likeness (QED) is 0.754. The van der Waals surface area contributed by atoms with Gasteiger partial charge in [0.1, 0.15) is 5.76 Å². The SMILES string of the molecule is CC1=C(CCO)c2ccoc2CC1. The van der Waals surface area contributed by atoms with E-state index < -0.39 is 0 Å². The molecule has 0 spiro atoms. The van der Waals surface area contributed by atoms with Crippen LogP contribution < -0.4 is 0 Å². The minimum atomic E-state index is 0.220. The molecule has 1 N–H and O–H groups in total. The van der Waals surface area contributed by atoms with Gasteiger partial charge in [0.05, 0.1) is 6.26 Å². The fraction of sp³-hybridized carbons (Fsp3) is 0.455. The Labute approximate surface area is 77.9 Å². The van der Waals surface area contributed by atoms with Crippen molar-refractivity contribution < 1.29 is 9.52 Å². The second-order valence-electron chi connectivity index (χ2n) is 3.49. The summed E-state index contributed by atoms with van der Waals surface area (Å²) in [5, 5.41) is 8.93. The van der Waals surface area contributed by atoms with Crippen LogP contribution >= 0.6 is 0 Å². The fourth-order valence-corrected chi connectivity index (χ4v) is 1.94. The highest BCUT2D eigenvalue weighted by molar-refractivity contribution is 5.71. The molecule has 0 aromatic carbocycles. The molecule has 1 aromatic rings. The van der Waals surface area contributed by atoms with Gasteiger partial charge in [-0.05, 0) is 31.4 Å². The summed E-state index contributed by atoms with van der Waals surface area (Å²) in [7, 11) is 0. The maximum Gasteiger partial charge on any atom is 0.111 e. The largest absolute Gasteiger partial charge is 0.469 e. The molecule has 0 bridgehead atoms. The molecule has 2 heteroatoms. The van der Waals surface area contributed by atoms with Crippen molar-refractivity contribution in [2.75, 3.05) is 6.61 Å². The van der Waals surface area contributed by atoms with Crippen molar-refractivity contribution in [2.45, 2.75) is 26.2 Å². The molecule has 0 fully saturated rings. The lowest BCUT2D eigenvalue weighted by Crippen LogP contribution is -2.02. The number of hydrogen-bond acceptors (Lipinski definition) is 2. The predicted octanol–water partition coefficient (Wildman–Crippen LogP) is 2.38. The van der Waals surface area contributed by atoms with E-state index in [9.17, 15) is 0 Å². The third-order valence-corrected chi connectivity index (χ3v) is 2.67. The third-order valence-electron chi connectivity index (χ3n) is 2.67. The number of furan rings is 1. The molecule has 2 rings (SSSR count). The van der Waals surface area contributed by atoms with Crippen molar-refractivity contribution in [1.29, 1.82) is 0 Å². The highest BCUT2D eigenvalue weighted by atomic mass is 16.3. The van der Waals surface area contributed by atoms with E-state index >= 15 is 0 Å². The van der Waals surface area contributed by atoms with Gasteiger partial charge in [-0.3, -0.25) is 0 Å². The van der Waals surface area contributed by atoms with E-state index in [4.69, 9.17) is 9.52 Å². The first-order valence-corrected chi connectivity index (χ1v) is 4.69. The van der Waals surface area contributed by atoms with Gasteiger partial charge in [-0.2, -0.15) is 0 Å². The second-order valence-corrected chi connectivity index (χ2v) is 3.49. The third kappa shape index (κ3) is 1.42. The monoisotopic (exact) mass is 178 g/mol. The van der Waals surface area contributed by atoms with Crippen LogP contribution in [0.4, 0.5) is 0 Å². The standard InChI is InChI=1S/C11H14O2/c1-8-2-3-11-10(5-7-13-11)9(8)4-6-12/h5,7,12H,2-4,6H2,1H3. The fourth-order valence-electron chi connectivity index (χ4n) is 1.94. The first-order chi connectivity index (χ1) is 6.33. The molecule has 70 valence electrons. The minimum Gasteiger partial charge on any atom is -0.469 e. The number of aliphatic hydroxyl groups excluding tert-OH is 1. The average molecular weight is 178 g/mol. The van der Waals surface area contributed by atoms with Crippen LogP contribution in [0, 0.1) is 0 Å². The molecule has 1 aliphatic carbocycles. The van der Waals surface area contributed by atoms with Gasteiger partial charge < -0.3 is 9.52 Å². The number of rotatable bonds is 2. The van der Waals surface area contributed by atoms with Crippen molar-refractivity contribution >= 4 is 5.57 Å². The first kappa shape index (κ1) is 8.57. The summed E-state index contributed by atoms with van der Waals surface area (Å²) in [6, 6.07) is 2.00. The van der Waals surface area contributed by atoms with E-state index in [2.05, 4.69) is 6.92 Å². The molecule has 0 amide bonds. The van der Waals surface area contributed by atoms with Gasteiger partial charge in [0.25, 0.3) is 0 Å². The Morgan fingerprint density at radius 2 is 2.31 bits per heavy atom. The first-order valence-electron chi connectivity index (χ1n) is 4.69. The van der Waals surface area contributed by atoms with Gasteiger partial charge in [-0.15, -0.1) is 0 Å². The van der Waals surface area contributed by atoms with Gasteiger partial charge in [-0.1, -0.05) is 5.57 Å². The lowest BCUT2D eigenvalue weighted by Gasteiger charge is -2.16. The maximum absolute atomic E-state index is 8.93. The van der Waals surface area contributed by atoms with Crippen LogP contribution in [0.15, 0.2) is 22.3 Å². The van der Waals surface area contributed by atoms with Crippen LogP contribution in [0.25, 0.3) is 5.57 Å². The summed E-state index contributed by atoms with van der Waals surface area (Å²) < 4.78 is 5.37. The van der Waals surface area contributed by atoms with Crippen molar-refractivity contribution in [3.05, 3.63) is 29.2 Å². The van der Waals surface area contributed by atoms with Crippen molar-refractivity contribution in [3.8, 4) is 0 Å². The molecule has 13 heavy (non-hydrogen) atoms. The van der Waals surface area contributed by atoms with E-state index in [1.54, 1.807) is 6.26 Å². The van der Waals surface area contributed by atoms with E-state index in [0.717, 1.165) is 25.0 Å². The van der Waals surface area contributed by atoms with E-state index in [0.29, 0.717) is 0 Å². The van der Waals surface area contributed by atoms with Crippen molar-refractivity contribution in [2.24, 2.45) is 0 Å². The van der Waals surface area contributed by atoms with E-state index in [-0.39, 0.29) is 6.61 Å². The Morgan fingerprint density at radius 3 is 3.08 bits per heavy atom. The van der Waals surface area contributed by atoms with Crippen molar-refractivity contribution in [3.63, 3.8) is 0 Å². The zero-order valence-electron chi connectivity index (χ0n) is 7.84. The molecule has 1 heterocycles. The molecule has 1 aromatic heterocycles. The normalized spacial score (nSPS) is 16.2. The molecule has 0 aliphatic heterocycles. The summed E-state index contributed by atoms with van der Waals surface area (Å²) in [5.74, 6) is 1.08. The number of fused-ring (bicyclic) bond motifs is 1. The Kier molecular flexibility index (Phi) is 2.23. The topological polar surface area (TPSA) is 33.4 Å². The highest BCUT2D eigenvalue weighted by Crippen LogP contribution is 2.33. The smallest absolute Gasteiger partial charge is 0.111 e. The van der Waals surface area contributed by atoms with E-state index in [1.807, 2.05) is 6.07 Å². The predicted molar refractivity (Wildman–Crippen MR) is 51.3 cm³/mol. The number of hydrogen-bond donors (Lipinski definition) is 1. The van der Waals surface area contributed by atoms with Gasteiger partial charge in [0, 0.05) is 18.6 Å². The van der Waals surface area contributed by atoms with Gasteiger partial charge in [0.2, 0.25) is 0 Å². The van der Waals surface area contributed by atoms with Crippen LogP contribution in [0.1, 0.15) is 31.1 Å². The molecule has 1 aliphatic rings. The Morgan fingerprint density at radius 1 is 1.46 bits per heavy atom. The molecule has 2 nitrogen and oxygen atoms in total. The summed E-state index contributed by atoms with van der Waals surface area (Å²) in [5.41, 5.74) is 3.87. The maximum atomic E-state index is 8.93. The summed E-state index contributed by atoms with van der Waals surface area (Å²) in [4.78, 5) is 0. The molecular formula is C11H14O2. The molecule has 0 atom stereocenters. The molecule has 0 radical (unpaired) electrons. The second kappa shape index (κ2) is 3.38. The molecule has 0 unspecified atom stereocenters. The lowest BCUT2D eigenvalue weighted by atomic mass is 9.89. The average Bonchev–Trinajstić information content (AvgIpc) is 2.58. The molecule has 0 saturated carbocycles. The van der Waals surface area contributed by atoms with Crippen LogP contribution in [0.5, 0.6) is 0 Å². The Bertz CT molecular complexity index is 334. The van der Waals surface area contributed by atoms with Gasteiger partial charge in [-0.25, -0.2) is 0 Å². The lowest BCUT2D eigenvalue weighted by molar-refractivity contribution is 0.304. The Hall–Kier alpha value is -1.02. The summed E-state index contributed by atoms with van der Waals surface area (Å²) in [6.07, 6.45) is 4.55. The Balaban J connectivity index is 2.40. The summed E-state index contributed by atoms with van der Waals surface area (Å²) >= 11 is 0. The van der Waals surface area contributed by atoms with Gasteiger partial charge >= 0.3 is 0 Å². The van der Waals surface area contributed by atoms with Crippen LogP contribution in [0.2, 0.25) is 0 Å². The molecular weight excluding hydrogens is 164 g/mol. The van der Waals surface area contributed by atoms with Crippen LogP contribution in [-0.2, 0) is 6.42 Å². The van der Waals surface area contributed by atoms with Crippen LogP contribution in [-0.4, -0.2) is 11.7 Å². The van der Waals surface area contributed by atoms with Crippen LogP contribution in [0.3, 0.4) is 0 Å². The van der Waals surface area contributed by atoms with E-state index in [1.165, 1.54) is 16.7 Å². The molecule has 0 saturated heterocycles. The number of aryl methyl sites for hydroxylation is 1. The zero-order chi connectivity index (χ0) is 9.26. The highest BCUT2D eigenvalue weighted by Gasteiger charge is 2.17. The number of allylic oxidation sites excluding steroid dienone is 1. The van der Waals surface area contributed by atoms with Crippen molar-refractivity contribution in [1.82, 2.24) is 0 Å². The number of aliphatic hydroxyl groups is 1. The minimum absolute atomic E-state index is 0.220.